The van der Waals surface area contributed by atoms with Gasteiger partial charge in [-0.3, -0.25) is 5.10 Å². The Balaban J connectivity index is 1.60. The molecule has 1 aliphatic rings. The van der Waals surface area contributed by atoms with Gasteiger partial charge in [-0.05, 0) is 54.8 Å². The maximum atomic E-state index is 11.3. The van der Waals surface area contributed by atoms with Crippen LogP contribution in [-0.2, 0) is 14.9 Å². The first-order chi connectivity index (χ1) is 14.2. The van der Waals surface area contributed by atoms with Crippen LogP contribution in [-0.4, -0.2) is 43.0 Å². The maximum Gasteiger partial charge on any atom is 0.343 e. The molecule has 150 valence electrons. The van der Waals surface area contributed by atoms with E-state index in [0.717, 1.165) is 37.1 Å². The molecule has 0 radical (unpaired) electrons. The summed E-state index contributed by atoms with van der Waals surface area (Å²) < 4.78 is 10.1. The van der Waals surface area contributed by atoms with E-state index < -0.39 is 0 Å². The molecule has 1 aliphatic heterocycles. The number of hydrogen-bond donors (Lipinski definition) is 2. The van der Waals surface area contributed by atoms with Crippen molar-refractivity contribution >= 4 is 5.97 Å². The van der Waals surface area contributed by atoms with Crippen molar-refractivity contribution < 1.29 is 14.3 Å². The Hall–Kier alpha value is -3.12. The van der Waals surface area contributed by atoms with Gasteiger partial charge in [-0.25, -0.2) is 4.79 Å². The first kappa shape index (κ1) is 19.2. The summed E-state index contributed by atoms with van der Waals surface area (Å²) in [5.41, 5.74) is 4.78. The van der Waals surface area contributed by atoms with Crippen LogP contribution in [0.15, 0.2) is 60.9 Å². The van der Waals surface area contributed by atoms with Gasteiger partial charge in [0.2, 0.25) is 0 Å². The van der Waals surface area contributed by atoms with Crippen molar-refractivity contribution in [2.45, 2.75) is 18.3 Å². The average Bonchev–Trinajstić information content (AvgIpc) is 3.33. The zero-order chi connectivity index (χ0) is 20.1. The van der Waals surface area contributed by atoms with Crippen LogP contribution in [0.1, 0.15) is 24.0 Å². The molecule has 0 atom stereocenters. The molecule has 0 amide bonds. The lowest BCUT2D eigenvalue weighted by Gasteiger charge is -2.39. The summed E-state index contributed by atoms with van der Waals surface area (Å²) in [5, 5.41) is 10.4. The van der Waals surface area contributed by atoms with E-state index in [1.165, 1.54) is 18.2 Å². The van der Waals surface area contributed by atoms with E-state index in [1.807, 2.05) is 24.5 Å². The van der Waals surface area contributed by atoms with Crippen molar-refractivity contribution in [1.29, 1.82) is 0 Å². The van der Waals surface area contributed by atoms with Crippen LogP contribution in [0.25, 0.3) is 11.1 Å². The fourth-order valence-corrected chi connectivity index (χ4v) is 4.06. The van der Waals surface area contributed by atoms with E-state index >= 15 is 0 Å². The average molecular weight is 391 g/mol. The Morgan fingerprint density at radius 3 is 2.24 bits per heavy atom. The highest BCUT2D eigenvalue weighted by Crippen LogP contribution is 2.41. The van der Waals surface area contributed by atoms with Crippen LogP contribution in [0.2, 0.25) is 0 Å². The fourth-order valence-electron chi connectivity index (χ4n) is 4.06. The molecule has 1 aromatic heterocycles. The van der Waals surface area contributed by atoms with Crippen molar-refractivity contribution in [2.75, 3.05) is 26.8 Å². The van der Waals surface area contributed by atoms with Gasteiger partial charge >= 0.3 is 5.97 Å². The zero-order valence-electron chi connectivity index (χ0n) is 16.5. The monoisotopic (exact) mass is 391 g/mol. The summed E-state index contributed by atoms with van der Waals surface area (Å²) in [4.78, 5) is 11.3. The van der Waals surface area contributed by atoms with E-state index in [9.17, 15) is 4.79 Å². The lowest BCUT2D eigenvalue weighted by Crippen LogP contribution is -2.40. The molecule has 4 rings (SSSR count). The third kappa shape index (κ3) is 4.03. The predicted molar refractivity (Wildman–Crippen MR) is 111 cm³/mol. The summed E-state index contributed by atoms with van der Waals surface area (Å²) in [6.45, 7) is 1.87. The summed E-state index contributed by atoms with van der Waals surface area (Å²) >= 11 is 0. The number of benzene rings is 2. The van der Waals surface area contributed by atoms with Gasteiger partial charge in [-0.2, -0.15) is 5.10 Å². The lowest BCUT2D eigenvalue weighted by atomic mass is 9.68. The van der Waals surface area contributed by atoms with Gasteiger partial charge in [0.15, 0.2) is 6.61 Å². The number of carbonyl (C=O) groups is 1. The topological polar surface area (TPSA) is 76.2 Å². The predicted octanol–water partition coefficient (Wildman–Crippen LogP) is 3.30. The summed E-state index contributed by atoms with van der Waals surface area (Å²) in [5.74, 6) is 0.278. The molecular weight excluding hydrogens is 366 g/mol. The quantitative estimate of drug-likeness (QED) is 0.631. The molecule has 2 N–H and O–H groups in total. The molecule has 6 heteroatoms. The molecule has 0 spiro atoms. The summed E-state index contributed by atoms with van der Waals surface area (Å²) in [7, 11) is 1.35. The van der Waals surface area contributed by atoms with Crippen molar-refractivity contribution in [3.8, 4) is 16.9 Å². The van der Waals surface area contributed by atoms with Gasteiger partial charge in [-0.15, -0.1) is 0 Å². The van der Waals surface area contributed by atoms with Gasteiger partial charge in [-0.1, -0.05) is 36.4 Å². The van der Waals surface area contributed by atoms with Crippen molar-refractivity contribution in [3.63, 3.8) is 0 Å². The highest BCUT2D eigenvalue weighted by atomic mass is 16.6. The number of carbonyl (C=O) groups excluding carboxylic acids is 1. The Labute approximate surface area is 170 Å². The maximum absolute atomic E-state index is 11.3. The molecule has 1 saturated heterocycles. The summed E-state index contributed by atoms with van der Waals surface area (Å²) in [6, 6.07) is 16.9. The minimum Gasteiger partial charge on any atom is -0.482 e. The number of nitrogens with zero attached hydrogens (tertiary/aromatic N) is 1. The summed E-state index contributed by atoms with van der Waals surface area (Å²) in [6.07, 6.45) is 5.80. The van der Waals surface area contributed by atoms with E-state index in [4.69, 9.17) is 4.74 Å². The number of ether oxygens (including phenoxy) is 2. The standard InChI is InChI=1S/C23H25N3O3/c1-28-22(27)16-29-21-8-6-20(7-9-21)23(10-12-24-13-11-23)19-4-2-17(3-5-19)18-14-25-26-15-18/h2-9,14-15,24H,10-13,16H2,1H3,(H,25,26). The van der Waals surface area contributed by atoms with Crippen molar-refractivity contribution in [3.05, 3.63) is 72.1 Å². The van der Waals surface area contributed by atoms with Crippen LogP contribution >= 0.6 is 0 Å². The number of rotatable bonds is 6. The van der Waals surface area contributed by atoms with E-state index in [-0.39, 0.29) is 18.0 Å². The van der Waals surface area contributed by atoms with Gasteiger partial charge in [0, 0.05) is 17.2 Å². The van der Waals surface area contributed by atoms with E-state index in [2.05, 4.69) is 56.6 Å². The molecule has 2 aromatic carbocycles. The Morgan fingerprint density at radius 2 is 1.66 bits per heavy atom. The molecule has 0 bridgehead atoms. The number of H-pyrrole nitrogens is 1. The smallest absolute Gasteiger partial charge is 0.343 e. The molecule has 0 unspecified atom stereocenters. The fraction of sp³-hybridized carbons (Fsp3) is 0.304. The highest BCUT2D eigenvalue weighted by Gasteiger charge is 2.35. The van der Waals surface area contributed by atoms with Crippen LogP contribution in [0.4, 0.5) is 0 Å². The second-order valence-corrected chi connectivity index (χ2v) is 7.29. The van der Waals surface area contributed by atoms with E-state index in [0.29, 0.717) is 5.75 Å². The molecule has 0 aliphatic carbocycles. The first-order valence-electron chi connectivity index (χ1n) is 9.82. The van der Waals surface area contributed by atoms with Gasteiger partial charge in [0.1, 0.15) is 5.75 Å². The molecule has 0 saturated carbocycles. The molecular formula is C23H25N3O3. The molecule has 2 heterocycles. The van der Waals surface area contributed by atoms with Crippen molar-refractivity contribution in [1.82, 2.24) is 15.5 Å². The number of hydrogen-bond acceptors (Lipinski definition) is 5. The van der Waals surface area contributed by atoms with Crippen LogP contribution < -0.4 is 10.1 Å². The van der Waals surface area contributed by atoms with Crippen LogP contribution in [0.5, 0.6) is 5.75 Å². The lowest BCUT2D eigenvalue weighted by molar-refractivity contribution is -0.142. The number of aromatic amines is 1. The number of methoxy groups -OCH3 is 1. The molecule has 3 aromatic rings. The Bertz CT molecular complexity index is 929. The second kappa shape index (κ2) is 8.49. The largest absolute Gasteiger partial charge is 0.482 e. The number of aromatic nitrogens is 2. The van der Waals surface area contributed by atoms with Crippen LogP contribution in [0.3, 0.4) is 0 Å². The highest BCUT2D eigenvalue weighted by molar-refractivity contribution is 5.70. The minimum atomic E-state index is -0.387. The van der Waals surface area contributed by atoms with E-state index in [1.54, 1.807) is 0 Å². The first-order valence-corrected chi connectivity index (χ1v) is 9.82. The van der Waals surface area contributed by atoms with Gasteiger partial charge in [0.05, 0.1) is 13.3 Å². The molecule has 1 fully saturated rings. The van der Waals surface area contributed by atoms with Crippen molar-refractivity contribution in [2.24, 2.45) is 0 Å². The minimum absolute atomic E-state index is 0.0406. The number of piperidine rings is 1. The molecule has 29 heavy (non-hydrogen) atoms. The van der Waals surface area contributed by atoms with Gasteiger partial charge in [0.25, 0.3) is 0 Å². The Morgan fingerprint density at radius 1 is 1.00 bits per heavy atom. The molecule has 6 nitrogen and oxygen atoms in total. The number of esters is 1. The SMILES string of the molecule is COC(=O)COc1ccc(C2(c3ccc(-c4cn[nH]c4)cc3)CCNCC2)cc1. The number of nitrogens with one attached hydrogen (secondary N) is 2. The zero-order valence-corrected chi connectivity index (χ0v) is 16.5. The third-order valence-electron chi connectivity index (χ3n) is 5.72. The normalized spacial score (nSPS) is 15.6. The van der Waals surface area contributed by atoms with Crippen LogP contribution in [0, 0.1) is 0 Å². The Kier molecular flexibility index (Phi) is 5.62. The third-order valence-corrected chi connectivity index (χ3v) is 5.72. The second-order valence-electron chi connectivity index (χ2n) is 7.29. The van der Waals surface area contributed by atoms with Gasteiger partial charge < -0.3 is 14.8 Å².